The maximum Gasteiger partial charge on any atom is 0.273 e. The number of hydrogen-bond acceptors (Lipinski definition) is 4. The van der Waals surface area contributed by atoms with E-state index in [9.17, 15) is 9.59 Å². The summed E-state index contributed by atoms with van der Waals surface area (Å²) in [4.78, 5) is 28.6. The number of aldehydes is 1. The highest BCUT2D eigenvalue weighted by atomic mass is 16.5. The number of fused-ring (bicyclic) bond motifs is 3. The lowest BCUT2D eigenvalue weighted by Gasteiger charge is -2.22. The number of ether oxygens (including phenoxy) is 1. The zero-order chi connectivity index (χ0) is 15.0. The van der Waals surface area contributed by atoms with Gasteiger partial charge in [-0.25, -0.2) is 4.98 Å². The van der Waals surface area contributed by atoms with Crippen LogP contribution in [0.3, 0.4) is 0 Å². The fourth-order valence-electron chi connectivity index (χ4n) is 2.43. The van der Waals surface area contributed by atoms with E-state index in [1.165, 1.54) is 4.90 Å². The van der Waals surface area contributed by atoms with E-state index in [0.717, 1.165) is 23.2 Å². The standard InChI is InChI=1S/C15H15N3O3/c1-17(2)15(20)13-12-8-21-14-10(6-7-19)4-3-5-11(14)18(12)9-16-13/h3-5,7,9H,6,8H2,1-2H3. The topological polar surface area (TPSA) is 64.4 Å². The fraction of sp³-hybridized carbons (Fsp3) is 0.267. The molecule has 0 spiro atoms. The molecule has 1 amide bonds. The van der Waals surface area contributed by atoms with Gasteiger partial charge in [0.05, 0.1) is 11.4 Å². The third kappa shape index (κ3) is 2.08. The van der Waals surface area contributed by atoms with Gasteiger partial charge in [0.15, 0.2) is 5.69 Å². The van der Waals surface area contributed by atoms with Crippen molar-refractivity contribution in [2.75, 3.05) is 14.1 Å². The van der Waals surface area contributed by atoms with E-state index in [2.05, 4.69) is 4.98 Å². The molecule has 1 aliphatic heterocycles. The molecule has 0 unspecified atom stereocenters. The number of imidazole rings is 1. The third-order valence-corrected chi connectivity index (χ3v) is 3.47. The van der Waals surface area contributed by atoms with Gasteiger partial charge in [-0.15, -0.1) is 0 Å². The average Bonchev–Trinajstić information content (AvgIpc) is 2.91. The van der Waals surface area contributed by atoms with Crippen molar-refractivity contribution >= 4 is 12.2 Å². The van der Waals surface area contributed by atoms with E-state index in [1.807, 2.05) is 22.8 Å². The van der Waals surface area contributed by atoms with Crippen LogP contribution in [0.2, 0.25) is 0 Å². The molecule has 3 rings (SSSR count). The number of amides is 1. The van der Waals surface area contributed by atoms with Crippen molar-refractivity contribution in [2.24, 2.45) is 0 Å². The molecule has 6 nitrogen and oxygen atoms in total. The Balaban J connectivity index is 2.11. The SMILES string of the molecule is CN(C)C(=O)c1ncn2c1COc1c(CC=O)cccc1-2. The van der Waals surface area contributed by atoms with Crippen LogP contribution in [0.25, 0.3) is 5.69 Å². The van der Waals surface area contributed by atoms with Gasteiger partial charge >= 0.3 is 0 Å². The highest BCUT2D eigenvalue weighted by Gasteiger charge is 2.26. The summed E-state index contributed by atoms with van der Waals surface area (Å²) in [6, 6.07) is 5.61. The van der Waals surface area contributed by atoms with Crippen molar-refractivity contribution in [1.82, 2.24) is 14.5 Å². The quantitative estimate of drug-likeness (QED) is 0.795. The summed E-state index contributed by atoms with van der Waals surface area (Å²) in [7, 11) is 3.38. The molecule has 1 aliphatic rings. The minimum Gasteiger partial charge on any atom is -0.485 e. The van der Waals surface area contributed by atoms with Crippen LogP contribution in [0, 0.1) is 0 Å². The molecule has 108 valence electrons. The van der Waals surface area contributed by atoms with Crippen LogP contribution in [-0.2, 0) is 17.8 Å². The van der Waals surface area contributed by atoms with E-state index >= 15 is 0 Å². The average molecular weight is 285 g/mol. The van der Waals surface area contributed by atoms with Crippen molar-refractivity contribution in [3.63, 3.8) is 0 Å². The van der Waals surface area contributed by atoms with Gasteiger partial charge in [-0.05, 0) is 6.07 Å². The largest absolute Gasteiger partial charge is 0.485 e. The van der Waals surface area contributed by atoms with Gasteiger partial charge in [0, 0.05) is 26.1 Å². The summed E-state index contributed by atoms with van der Waals surface area (Å²) in [5, 5.41) is 0. The molecule has 1 aromatic carbocycles. The monoisotopic (exact) mass is 285 g/mol. The Morgan fingerprint density at radius 1 is 1.48 bits per heavy atom. The fourth-order valence-corrected chi connectivity index (χ4v) is 2.43. The first-order valence-electron chi connectivity index (χ1n) is 6.60. The van der Waals surface area contributed by atoms with Crippen molar-refractivity contribution in [1.29, 1.82) is 0 Å². The maximum atomic E-state index is 12.1. The minimum absolute atomic E-state index is 0.153. The first-order chi connectivity index (χ1) is 10.1. The lowest BCUT2D eigenvalue weighted by Crippen LogP contribution is -2.25. The second kappa shape index (κ2) is 5.05. The molecular weight excluding hydrogens is 270 g/mol. The summed E-state index contributed by atoms with van der Waals surface area (Å²) >= 11 is 0. The van der Waals surface area contributed by atoms with Gasteiger partial charge in [0.25, 0.3) is 5.91 Å². The van der Waals surface area contributed by atoms with E-state index in [-0.39, 0.29) is 12.5 Å². The zero-order valence-corrected chi connectivity index (χ0v) is 11.9. The Morgan fingerprint density at radius 2 is 2.29 bits per heavy atom. The first kappa shape index (κ1) is 13.4. The highest BCUT2D eigenvalue weighted by Crippen LogP contribution is 2.34. The van der Waals surface area contributed by atoms with Crippen molar-refractivity contribution in [2.45, 2.75) is 13.0 Å². The lowest BCUT2D eigenvalue weighted by molar-refractivity contribution is -0.107. The first-order valence-corrected chi connectivity index (χ1v) is 6.60. The third-order valence-electron chi connectivity index (χ3n) is 3.47. The molecular formula is C15H15N3O3. The molecule has 0 saturated heterocycles. The second-order valence-corrected chi connectivity index (χ2v) is 5.03. The normalized spacial score (nSPS) is 12.1. The van der Waals surface area contributed by atoms with Crippen LogP contribution >= 0.6 is 0 Å². The van der Waals surface area contributed by atoms with E-state index in [1.54, 1.807) is 20.4 Å². The van der Waals surface area contributed by atoms with Gasteiger partial charge in [-0.1, -0.05) is 12.1 Å². The molecule has 2 aromatic rings. The molecule has 0 aliphatic carbocycles. The number of aromatic nitrogens is 2. The predicted octanol–water partition coefficient (Wildman–Crippen LogP) is 1.21. The Kier molecular flexibility index (Phi) is 3.21. The van der Waals surface area contributed by atoms with E-state index in [4.69, 9.17) is 4.74 Å². The summed E-state index contributed by atoms with van der Waals surface area (Å²) in [6.45, 7) is 0.262. The molecule has 0 bridgehead atoms. The lowest BCUT2D eigenvalue weighted by atomic mass is 10.1. The van der Waals surface area contributed by atoms with Gasteiger partial charge in [0.2, 0.25) is 0 Å². The summed E-state index contributed by atoms with van der Waals surface area (Å²) < 4.78 is 7.62. The number of para-hydroxylation sites is 1. The van der Waals surface area contributed by atoms with Gasteiger partial charge in [0.1, 0.15) is 25.0 Å². The Hall–Kier alpha value is -2.63. The zero-order valence-electron chi connectivity index (χ0n) is 11.9. The van der Waals surface area contributed by atoms with Crippen LogP contribution in [0.4, 0.5) is 0 Å². The molecule has 0 atom stereocenters. The van der Waals surface area contributed by atoms with Crippen LogP contribution in [0.1, 0.15) is 21.7 Å². The van der Waals surface area contributed by atoms with E-state index in [0.29, 0.717) is 17.9 Å². The van der Waals surface area contributed by atoms with Crippen molar-refractivity contribution < 1.29 is 14.3 Å². The number of carbonyl (C=O) groups excluding carboxylic acids is 2. The number of nitrogens with zero attached hydrogens (tertiary/aromatic N) is 3. The van der Waals surface area contributed by atoms with Gasteiger partial charge < -0.3 is 14.4 Å². The second-order valence-electron chi connectivity index (χ2n) is 5.03. The minimum atomic E-state index is -0.153. The molecule has 21 heavy (non-hydrogen) atoms. The Morgan fingerprint density at radius 3 is 3.00 bits per heavy atom. The number of rotatable bonds is 3. The molecule has 0 radical (unpaired) electrons. The molecule has 0 saturated carbocycles. The van der Waals surface area contributed by atoms with Crippen LogP contribution in [0.5, 0.6) is 5.75 Å². The molecule has 0 fully saturated rings. The molecule has 1 aromatic heterocycles. The summed E-state index contributed by atoms with van der Waals surface area (Å²) in [6.07, 6.45) is 2.78. The van der Waals surface area contributed by atoms with Crippen LogP contribution in [0.15, 0.2) is 24.5 Å². The van der Waals surface area contributed by atoms with Crippen LogP contribution < -0.4 is 4.74 Å². The van der Waals surface area contributed by atoms with Crippen molar-refractivity contribution in [3.8, 4) is 11.4 Å². The predicted molar refractivity (Wildman–Crippen MR) is 75.7 cm³/mol. The Bertz CT molecular complexity index is 719. The van der Waals surface area contributed by atoms with E-state index < -0.39 is 0 Å². The Labute approximate surface area is 122 Å². The van der Waals surface area contributed by atoms with Crippen LogP contribution in [-0.4, -0.2) is 40.7 Å². The maximum absolute atomic E-state index is 12.1. The molecule has 6 heteroatoms. The number of hydrogen-bond donors (Lipinski definition) is 0. The number of carbonyl (C=O) groups is 2. The van der Waals surface area contributed by atoms with Crippen molar-refractivity contribution in [3.05, 3.63) is 41.5 Å². The summed E-state index contributed by atoms with van der Waals surface area (Å²) in [5.41, 5.74) is 2.76. The smallest absolute Gasteiger partial charge is 0.273 e. The highest BCUT2D eigenvalue weighted by molar-refractivity contribution is 5.93. The molecule has 0 N–H and O–H groups in total. The van der Waals surface area contributed by atoms with Gasteiger partial charge in [-0.2, -0.15) is 0 Å². The molecule has 2 heterocycles. The number of benzene rings is 1. The van der Waals surface area contributed by atoms with Gasteiger partial charge in [-0.3, -0.25) is 9.36 Å². The summed E-state index contributed by atoms with van der Waals surface area (Å²) in [5.74, 6) is 0.526.